The van der Waals surface area contributed by atoms with E-state index in [2.05, 4.69) is 5.32 Å². The van der Waals surface area contributed by atoms with Crippen molar-refractivity contribution in [2.75, 3.05) is 5.32 Å². The number of benzene rings is 1. The molecule has 2 rings (SSSR count). The third kappa shape index (κ3) is 2.84. The van der Waals surface area contributed by atoms with Gasteiger partial charge in [-0.2, -0.15) is 0 Å². The van der Waals surface area contributed by atoms with E-state index in [1.807, 2.05) is 6.92 Å². The van der Waals surface area contributed by atoms with Crippen molar-refractivity contribution in [1.82, 2.24) is 0 Å². The molecule has 2 aromatic rings. The van der Waals surface area contributed by atoms with Crippen LogP contribution >= 0.6 is 22.9 Å². The Hall–Kier alpha value is -1.85. The number of halogens is 1. The number of carbonyl (C=O) groups excluding carboxylic acids is 1. The maximum atomic E-state index is 11.5. The average molecular weight is 310 g/mol. The summed E-state index contributed by atoms with van der Waals surface area (Å²) in [6.07, 6.45) is 0. The third-order valence-electron chi connectivity index (χ3n) is 2.70. The van der Waals surface area contributed by atoms with E-state index < -0.39 is 5.97 Å². The number of carbonyl (C=O) groups is 2. The van der Waals surface area contributed by atoms with E-state index in [1.54, 1.807) is 24.3 Å². The molecule has 0 spiro atoms. The van der Waals surface area contributed by atoms with Crippen molar-refractivity contribution in [3.63, 3.8) is 0 Å². The van der Waals surface area contributed by atoms with Gasteiger partial charge in [-0.05, 0) is 24.6 Å². The molecule has 0 saturated heterocycles. The highest BCUT2D eigenvalue weighted by Gasteiger charge is 2.23. The fourth-order valence-corrected chi connectivity index (χ4v) is 3.29. The SMILES string of the molecule is CC(=O)Nc1sc(C)c(-c2cccc(Cl)c2)c1C(=O)O. The van der Waals surface area contributed by atoms with Crippen molar-refractivity contribution in [2.45, 2.75) is 13.8 Å². The van der Waals surface area contributed by atoms with Gasteiger partial charge < -0.3 is 10.4 Å². The number of nitrogens with one attached hydrogen (secondary N) is 1. The van der Waals surface area contributed by atoms with Crippen LogP contribution < -0.4 is 5.32 Å². The minimum absolute atomic E-state index is 0.102. The number of carboxylic acid groups (broad SMARTS) is 1. The summed E-state index contributed by atoms with van der Waals surface area (Å²) in [6, 6.07) is 6.99. The number of carboxylic acids is 1. The van der Waals surface area contributed by atoms with E-state index in [0.29, 0.717) is 15.6 Å². The second kappa shape index (κ2) is 5.64. The lowest BCUT2D eigenvalue weighted by molar-refractivity contribution is -0.114. The fourth-order valence-electron chi connectivity index (χ4n) is 1.99. The maximum absolute atomic E-state index is 11.5. The molecule has 1 aromatic heterocycles. The zero-order valence-corrected chi connectivity index (χ0v) is 12.4. The molecule has 20 heavy (non-hydrogen) atoms. The van der Waals surface area contributed by atoms with Crippen LogP contribution in [0.1, 0.15) is 22.2 Å². The quantitative estimate of drug-likeness (QED) is 0.899. The van der Waals surface area contributed by atoms with Gasteiger partial charge in [0.15, 0.2) is 0 Å². The summed E-state index contributed by atoms with van der Waals surface area (Å²) in [5.41, 5.74) is 1.42. The molecule has 6 heteroatoms. The first kappa shape index (κ1) is 14.6. The predicted octanol–water partition coefficient (Wildman–Crippen LogP) is 4.03. The molecule has 1 amide bonds. The minimum Gasteiger partial charge on any atom is -0.478 e. The highest BCUT2D eigenvalue weighted by molar-refractivity contribution is 7.17. The van der Waals surface area contributed by atoms with Crippen LogP contribution in [0, 0.1) is 6.92 Å². The van der Waals surface area contributed by atoms with Gasteiger partial charge in [-0.25, -0.2) is 4.79 Å². The lowest BCUT2D eigenvalue weighted by Gasteiger charge is -2.05. The summed E-state index contributed by atoms with van der Waals surface area (Å²) in [6.45, 7) is 3.17. The van der Waals surface area contributed by atoms with E-state index >= 15 is 0 Å². The largest absolute Gasteiger partial charge is 0.478 e. The molecule has 0 unspecified atom stereocenters. The summed E-state index contributed by atoms with van der Waals surface area (Å²) in [4.78, 5) is 23.5. The number of thiophene rings is 1. The van der Waals surface area contributed by atoms with Crippen LogP contribution in [-0.4, -0.2) is 17.0 Å². The molecule has 0 atom stereocenters. The zero-order valence-electron chi connectivity index (χ0n) is 10.9. The van der Waals surface area contributed by atoms with E-state index in [-0.39, 0.29) is 11.5 Å². The Balaban J connectivity index is 2.66. The van der Waals surface area contributed by atoms with Gasteiger partial charge >= 0.3 is 5.97 Å². The van der Waals surface area contributed by atoms with Crippen LogP contribution in [0.25, 0.3) is 11.1 Å². The van der Waals surface area contributed by atoms with E-state index in [4.69, 9.17) is 11.6 Å². The standard InChI is InChI=1S/C14H12ClNO3S/c1-7-11(9-4-3-5-10(15)6-9)12(14(18)19)13(20-7)16-8(2)17/h3-6H,1-2H3,(H,16,17)(H,18,19). The molecule has 0 saturated carbocycles. The first-order valence-corrected chi connectivity index (χ1v) is 6.99. The second-order valence-corrected chi connectivity index (χ2v) is 5.90. The fraction of sp³-hybridized carbons (Fsp3) is 0.143. The summed E-state index contributed by atoms with van der Waals surface area (Å²) < 4.78 is 0. The Morgan fingerprint density at radius 3 is 2.60 bits per heavy atom. The number of hydrogen-bond donors (Lipinski definition) is 2. The summed E-state index contributed by atoms with van der Waals surface area (Å²) in [5.74, 6) is -1.38. The van der Waals surface area contributed by atoms with Crippen molar-refractivity contribution < 1.29 is 14.7 Å². The number of amides is 1. The Bertz CT molecular complexity index is 694. The molecule has 0 aliphatic carbocycles. The van der Waals surface area contributed by atoms with Crippen molar-refractivity contribution in [3.05, 3.63) is 39.7 Å². The van der Waals surface area contributed by atoms with Crippen LogP contribution in [0.5, 0.6) is 0 Å². The second-order valence-electron chi connectivity index (χ2n) is 4.23. The first-order valence-electron chi connectivity index (χ1n) is 5.80. The molecule has 1 heterocycles. The van der Waals surface area contributed by atoms with Gasteiger partial charge in [0, 0.05) is 22.4 Å². The third-order valence-corrected chi connectivity index (χ3v) is 3.96. The number of rotatable bonds is 3. The van der Waals surface area contributed by atoms with Crippen LogP contribution in [-0.2, 0) is 4.79 Å². The molecule has 0 aliphatic heterocycles. The van der Waals surface area contributed by atoms with Gasteiger partial charge in [-0.3, -0.25) is 4.79 Å². The van der Waals surface area contributed by atoms with Gasteiger partial charge in [0.2, 0.25) is 5.91 Å². The monoisotopic (exact) mass is 309 g/mol. The lowest BCUT2D eigenvalue weighted by atomic mass is 10.0. The van der Waals surface area contributed by atoms with Gasteiger partial charge in [-0.15, -0.1) is 11.3 Å². The van der Waals surface area contributed by atoms with Gasteiger partial charge in [0.1, 0.15) is 10.6 Å². The molecule has 104 valence electrons. The zero-order chi connectivity index (χ0) is 14.9. The number of anilines is 1. The van der Waals surface area contributed by atoms with Crippen molar-refractivity contribution in [1.29, 1.82) is 0 Å². The number of aromatic carboxylic acids is 1. The van der Waals surface area contributed by atoms with Crippen LogP contribution in [0.3, 0.4) is 0 Å². The predicted molar refractivity (Wildman–Crippen MR) is 80.8 cm³/mol. The molecule has 2 N–H and O–H groups in total. The Morgan fingerprint density at radius 1 is 1.35 bits per heavy atom. The number of aryl methyl sites for hydroxylation is 1. The first-order chi connectivity index (χ1) is 9.40. The summed E-state index contributed by atoms with van der Waals surface area (Å²) in [5, 5.41) is 12.9. The average Bonchev–Trinajstić information content (AvgIpc) is 2.64. The molecule has 0 aliphatic rings. The van der Waals surface area contributed by atoms with Gasteiger partial charge in [0.05, 0.1) is 0 Å². The van der Waals surface area contributed by atoms with Crippen molar-refractivity contribution >= 4 is 39.8 Å². The molecule has 0 radical (unpaired) electrons. The smallest absolute Gasteiger partial charge is 0.339 e. The van der Waals surface area contributed by atoms with Crippen LogP contribution in [0.2, 0.25) is 5.02 Å². The van der Waals surface area contributed by atoms with Crippen LogP contribution in [0.15, 0.2) is 24.3 Å². The highest BCUT2D eigenvalue weighted by Crippen LogP contribution is 2.40. The number of hydrogen-bond acceptors (Lipinski definition) is 3. The maximum Gasteiger partial charge on any atom is 0.339 e. The van der Waals surface area contributed by atoms with Crippen molar-refractivity contribution in [3.8, 4) is 11.1 Å². The summed E-state index contributed by atoms with van der Waals surface area (Å²) >= 11 is 7.20. The topological polar surface area (TPSA) is 66.4 Å². The Morgan fingerprint density at radius 2 is 2.05 bits per heavy atom. The summed E-state index contributed by atoms with van der Waals surface area (Å²) in [7, 11) is 0. The van der Waals surface area contributed by atoms with E-state index in [9.17, 15) is 14.7 Å². The molecular weight excluding hydrogens is 298 g/mol. The molecule has 0 fully saturated rings. The Labute approximate surface area is 125 Å². The van der Waals surface area contributed by atoms with E-state index in [1.165, 1.54) is 18.3 Å². The van der Waals surface area contributed by atoms with Gasteiger partial charge in [0.25, 0.3) is 0 Å². The van der Waals surface area contributed by atoms with E-state index in [0.717, 1.165) is 10.4 Å². The molecular formula is C14H12ClNO3S. The Kier molecular flexibility index (Phi) is 4.11. The van der Waals surface area contributed by atoms with Gasteiger partial charge in [-0.1, -0.05) is 23.7 Å². The molecule has 4 nitrogen and oxygen atoms in total. The lowest BCUT2D eigenvalue weighted by Crippen LogP contribution is -2.09. The normalized spacial score (nSPS) is 10.3. The van der Waals surface area contributed by atoms with Crippen LogP contribution in [0.4, 0.5) is 5.00 Å². The highest BCUT2D eigenvalue weighted by atomic mass is 35.5. The molecule has 1 aromatic carbocycles. The molecule has 0 bridgehead atoms. The minimum atomic E-state index is -1.08. The van der Waals surface area contributed by atoms with Crippen molar-refractivity contribution in [2.24, 2.45) is 0 Å².